The molecule has 31 heavy (non-hydrogen) atoms. The number of carbonyl (C=O) groups is 1. The van der Waals surface area contributed by atoms with E-state index >= 15 is 0 Å². The number of alkyl halides is 3. The van der Waals surface area contributed by atoms with E-state index in [4.69, 9.17) is 20.4 Å². The van der Waals surface area contributed by atoms with Gasteiger partial charge in [-0.05, 0) is 48.4 Å². The zero-order valence-electron chi connectivity index (χ0n) is 16.6. The Morgan fingerprint density at radius 2 is 1.71 bits per heavy atom. The monoisotopic (exact) mass is 429 g/mol. The Morgan fingerprint density at radius 3 is 2.19 bits per heavy atom. The summed E-state index contributed by atoms with van der Waals surface area (Å²) < 4.78 is 36.9. The molecule has 0 aliphatic heterocycles. The molecule has 0 atom stereocenters. The predicted octanol–water partition coefficient (Wildman–Crippen LogP) is 4.82. The zero-order valence-corrected chi connectivity index (χ0v) is 16.6. The topological polar surface area (TPSA) is 109 Å². The van der Waals surface area contributed by atoms with E-state index in [1.807, 2.05) is 61.5 Å². The first-order valence-electron chi connectivity index (χ1n) is 8.79. The zero-order chi connectivity index (χ0) is 23.2. The van der Waals surface area contributed by atoms with E-state index in [2.05, 4.69) is 11.1 Å². The van der Waals surface area contributed by atoms with Gasteiger partial charge in [-0.2, -0.15) is 18.4 Å². The van der Waals surface area contributed by atoms with Crippen molar-refractivity contribution in [2.75, 3.05) is 12.8 Å². The van der Waals surface area contributed by atoms with Crippen molar-refractivity contribution in [2.24, 2.45) is 0 Å². The highest BCUT2D eigenvalue weighted by atomic mass is 19.4. The van der Waals surface area contributed by atoms with Gasteiger partial charge in [-0.3, -0.25) is 0 Å². The number of aromatic nitrogens is 1. The summed E-state index contributed by atoms with van der Waals surface area (Å²) in [4.78, 5) is 13.3. The van der Waals surface area contributed by atoms with Crippen LogP contribution in [0.1, 0.15) is 11.1 Å². The van der Waals surface area contributed by atoms with Gasteiger partial charge in [0.05, 0.1) is 12.8 Å². The number of aliphatic carboxylic acids is 1. The van der Waals surface area contributed by atoms with Crippen LogP contribution in [0, 0.1) is 18.3 Å². The number of carboxylic acids is 1. The molecule has 0 aliphatic rings. The third-order valence-electron chi connectivity index (χ3n) is 4.22. The number of nitriles is 1. The van der Waals surface area contributed by atoms with E-state index in [1.54, 1.807) is 7.11 Å². The third kappa shape index (κ3) is 5.73. The van der Waals surface area contributed by atoms with E-state index in [0.717, 1.165) is 33.7 Å². The number of benzene rings is 2. The number of hydrogen-bond donors (Lipinski definition) is 2. The largest absolute Gasteiger partial charge is 0.497 e. The summed E-state index contributed by atoms with van der Waals surface area (Å²) in [6, 6.07) is 19.6. The summed E-state index contributed by atoms with van der Waals surface area (Å²) in [5.74, 6) is -1.74. The third-order valence-corrected chi connectivity index (χ3v) is 4.22. The molecule has 0 saturated heterocycles. The van der Waals surface area contributed by atoms with E-state index < -0.39 is 12.1 Å². The second-order valence-corrected chi connectivity index (χ2v) is 6.27. The average molecular weight is 429 g/mol. The van der Waals surface area contributed by atoms with Gasteiger partial charge in [0, 0.05) is 11.1 Å². The molecule has 3 rings (SSSR count). The number of nitrogens with two attached hydrogens (primary N) is 1. The molecule has 3 N–H and O–H groups in total. The molecule has 0 aliphatic carbocycles. The normalized spacial score (nSPS) is 10.5. The van der Waals surface area contributed by atoms with Gasteiger partial charge in [0.1, 0.15) is 23.2 Å². The number of anilines is 1. The number of rotatable bonds is 3. The van der Waals surface area contributed by atoms with Crippen molar-refractivity contribution in [1.82, 2.24) is 4.98 Å². The number of aryl methyl sites for hydroxylation is 1. The number of halogens is 3. The first kappa shape index (κ1) is 23.2. The molecule has 1 aromatic heterocycles. The fourth-order valence-corrected chi connectivity index (χ4v) is 2.68. The van der Waals surface area contributed by atoms with Crippen LogP contribution in [0.2, 0.25) is 0 Å². The lowest BCUT2D eigenvalue weighted by Gasteiger charge is -2.12. The van der Waals surface area contributed by atoms with Crippen LogP contribution in [0.4, 0.5) is 19.0 Å². The molecule has 160 valence electrons. The van der Waals surface area contributed by atoms with E-state index in [9.17, 15) is 18.4 Å². The Morgan fingerprint density at radius 1 is 1.13 bits per heavy atom. The molecule has 0 saturated carbocycles. The van der Waals surface area contributed by atoms with Crippen LogP contribution >= 0.6 is 0 Å². The van der Waals surface area contributed by atoms with Gasteiger partial charge < -0.3 is 15.6 Å². The summed E-state index contributed by atoms with van der Waals surface area (Å²) in [7, 11) is 1.63. The number of nitrogens with zero attached hydrogens (tertiary/aromatic N) is 2. The minimum atomic E-state index is -5.08. The molecule has 9 heteroatoms. The molecule has 0 bridgehead atoms. The van der Waals surface area contributed by atoms with Crippen LogP contribution < -0.4 is 10.5 Å². The second kappa shape index (κ2) is 9.63. The standard InChI is InChI=1S/C20H17N3O.C2HF3O2/c1-13-5-3-4-6-16(13)17-11-19(23-20(22)18(17)12-21)14-7-9-15(24-2)10-8-14;3-2(4,5)1(6)7/h3-11H,1-2H3,(H2,22,23);(H,6,7). The minimum absolute atomic E-state index is 0.240. The van der Waals surface area contributed by atoms with Crippen molar-refractivity contribution in [3.05, 3.63) is 65.7 Å². The number of pyridine rings is 1. The van der Waals surface area contributed by atoms with Crippen molar-refractivity contribution in [3.63, 3.8) is 0 Å². The quantitative estimate of drug-likeness (QED) is 0.618. The maximum absolute atomic E-state index is 10.6. The van der Waals surface area contributed by atoms with Crippen molar-refractivity contribution < 1.29 is 27.8 Å². The van der Waals surface area contributed by atoms with Gasteiger partial charge >= 0.3 is 12.1 Å². The maximum atomic E-state index is 10.6. The van der Waals surface area contributed by atoms with Crippen molar-refractivity contribution in [1.29, 1.82) is 5.26 Å². The minimum Gasteiger partial charge on any atom is -0.497 e. The van der Waals surface area contributed by atoms with Crippen LogP contribution in [0.25, 0.3) is 22.4 Å². The number of ether oxygens (including phenoxy) is 1. The molecule has 0 spiro atoms. The van der Waals surface area contributed by atoms with Crippen molar-refractivity contribution in [3.8, 4) is 34.2 Å². The molecule has 6 nitrogen and oxygen atoms in total. The molecule has 0 fully saturated rings. The Labute approximate surface area is 176 Å². The summed E-state index contributed by atoms with van der Waals surface area (Å²) in [6.45, 7) is 2.01. The first-order valence-corrected chi connectivity index (χ1v) is 8.79. The Kier molecular flexibility index (Phi) is 7.21. The summed E-state index contributed by atoms with van der Waals surface area (Å²) in [6.07, 6.45) is -5.08. The fourth-order valence-electron chi connectivity index (χ4n) is 2.68. The second-order valence-electron chi connectivity index (χ2n) is 6.27. The van der Waals surface area contributed by atoms with E-state index in [-0.39, 0.29) is 5.82 Å². The molecule has 2 aromatic carbocycles. The van der Waals surface area contributed by atoms with Crippen LogP contribution in [0.5, 0.6) is 5.75 Å². The number of nitrogen functional groups attached to an aromatic ring is 1. The number of carboxylic acid groups (broad SMARTS) is 1. The Bertz CT molecular complexity index is 1120. The smallest absolute Gasteiger partial charge is 0.490 e. The molecule has 0 amide bonds. The molecular weight excluding hydrogens is 411 g/mol. The highest BCUT2D eigenvalue weighted by Crippen LogP contribution is 2.33. The number of hydrogen-bond acceptors (Lipinski definition) is 5. The molecule has 3 aromatic rings. The summed E-state index contributed by atoms with van der Waals surface area (Å²) in [5, 5.41) is 16.6. The Hall–Kier alpha value is -4.06. The summed E-state index contributed by atoms with van der Waals surface area (Å²) in [5.41, 5.74) is 11.0. The Balaban J connectivity index is 0.000000423. The van der Waals surface area contributed by atoms with E-state index in [0.29, 0.717) is 5.56 Å². The van der Waals surface area contributed by atoms with Gasteiger partial charge in [-0.15, -0.1) is 0 Å². The van der Waals surface area contributed by atoms with Crippen molar-refractivity contribution >= 4 is 11.8 Å². The molecular formula is C22H18F3N3O3. The average Bonchev–Trinajstić information content (AvgIpc) is 2.73. The van der Waals surface area contributed by atoms with Crippen LogP contribution in [-0.2, 0) is 4.79 Å². The number of methoxy groups -OCH3 is 1. The van der Waals surface area contributed by atoms with Gasteiger partial charge in [0.15, 0.2) is 0 Å². The predicted molar refractivity (Wildman–Crippen MR) is 109 cm³/mol. The van der Waals surface area contributed by atoms with Gasteiger partial charge in [0.2, 0.25) is 0 Å². The van der Waals surface area contributed by atoms with Gasteiger partial charge in [-0.1, -0.05) is 24.3 Å². The van der Waals surface area contributed by atoms with Crippen LogP contribution in [0.15, 0.2) is 54.6 Å². The van der Waals surface area contributed by atoms with E-state index in [1.165, 1.54) is 0 Å². The van der Waals surface area contributed by atoms with Crippen LogP contribution in [-0.4, -0.2) is 29.3 Å². The summed E-state index contributed by atoms with van der Waals surface area (Å²) >= 11 is 0. The lowest BCUT2D eigenvalue weighted by atomic mass is 9.95. The first-order chi connectivity index (χ1) is 14.6. The molecule has 1 heterocycles. The fraction of sp³-hybridized carbons (Fsp3) is 0.136. The molecule has 0 radical (unpaired) electrons. The van der Waals surface area contributed by atoms with Crippen molar-refractivity contribution in [2.45, 2.75) is 13.1 Å². The lowest BCUT2D eigenvalue weighted by molar-refractivity contribution is -0.192. The SMILES string of the molecule is COc1ccc(-c2cc(-c3ccccc3C)c(C#N)c(N)n2)cc1.O=C(O)C(F)(F)F. The lowest BCUT2D eigenvalue weighted by Crippen LogP contribution is -2.21. The molecule has 0 unspecified atom stereocenters. The van der Waals surface area contributed by atoms with Crippen LogP contribution in [0.3, 0.4) is 0 Å². The highest BCUT2D eigenvalue weighted by Gasteiger charge is 2.38. The maximum Gasteiger partial charge on any atom is 0.490 e. The highest BCUT2D eigenvalue weighted by molar-refractivity contribution is 5.81. The van der Waals surface area contributed by atoms with Gasteiger partial charge in [0.25, 0.3) is 0 Å². The van der Waals surface area contributed by atoms with Gasteiger partial charge in [-0.25, -0.2) is 9.78 Å².